The van der Waals surface area contributed by atoms with Crippen molar-refractivity contribution in [2.75, 3.05) is 73.0 Å². The number of hydrogen-bond acceptors (Lipinski definition) is 14. The largest absolute Gasteiger partial charge is 0.475 e. The highest BCUT2D eigenvalue weighted by Gasteiger charge is 2.61. The lowest BCUT2D eigenvalue weighted by atomic mass is 9.93. The van der Waals surface area contributed by atoms with Crippen molar-refractivity contribution in [2.45, 2.75) is 73.4 Å². The van der Waals surface area contributed by atoms with E-state index in [1.165, 1.54) is 58.1 Å². The Hall–Kier alpha value is -6.90. The third kappa shape index (κ3) is 9.15. The van der Waals surface area contributed by atoms with Crippen molar-refractivity contribution in [2.24, 2.45) is 0 Å². The first kappa shape index (κ1) is 50.1. The van der Waals surface area contributed by atoms with Crippen molar-refractivity contribution >= 4 is 45.9 Å². The van der Waals surface area contributed by atoms with Gasteiger partial charge in [-0.25, -0.2) is 27.8 Å². The molecule has 72 heavy (non-hydrogen) atoms. The lowest BCUT2D eigenvalue weighted by Crippen LogP contribution is -2.52. The molecule has 4 aliphatic heterocycles. The zero-order chi connectivity index (χ0) is 51.4. The van der Waals surface area contributed by atoms with Gasteiger partial charge in [-0.1, -0.05) is 0 Å². The minimum atomic E-state index is -4.84. The summed E-state index contributed by atoms with van der Waals surface area (Å²) in [6, 6.07) is 8.78. The number of ether oxygens (including phenoxy) is 2. The van der Waals surface area contributed by atoms with E-state index in [0.29, 0.717) is 22.7 Å². The number of benzene rings is 2. The molecule has 2 atom stereocenters. The summed E-state index contributed by atoms with van der Waals surface area (Å²) in [5.74, 6) is -1.32. The van der Waals surface area contributed by atoms with Gasteiger partial charge in [0.2, 0.25) is 11.2 Å². The number of carbonyl (C=O) groups excluding carboxylic acids is 2. The molecule has 0 spiro atoms. The number of halogens is 8. The molecule has 6 N–H and O–H groups in total. The van der Waals surface area contributed by atoms with Gasteiger partial charge in [-0.05, 0) is 24.3 Å². The summed E-state index contributed by atoms with van der Waals surface area (Å²) in [7, 11) is 0. The molecule has 8 heterocycles. The zero-order valence-electron chi connectivity index (χ0n) is 37.9. The molecule has 0 radical (unpaired) electrons. The van der Waals surface area contributed by atoms with Crippen LogP contribution < -0.4 is 29.9 Å². The van der Waals surface area contributed by atoms with E-state index >= 15 is 0 Å². The van der Waals surface area contributed by atoms with Crippen LogP contribution in [0.5, 0.6) is 11.5 Å². The Morgan fingerprint density at radius 3 is 1.31 bits per heavy atom. The second kappa shape index (κ2) is 18.6. The van der Waals surface area contributed by atoms with Crippen LogP contribution in [0.2, 0.25) is 0 Å². The topological polar surface area (TPSA) is 224 Å². The number of carbonyl (C=O) groups is 2. The van der Waals surface area contributed by atoms with E-state index in [0.717, 1.165) is 0 Å². The first-order valence-corrected chi connectivity index (χ1v) is 22.5. The Balaban J connectivity index is 0.000000178. The number of aromatic nitrogens is 6. The number of alkyl halides is 8. The molecule has 0 unspecified atom stereocenters. The van der Waals surface area contributed by atoms with E-state index in [-0.39, 0.29) is 97.0 Å². The molecule has 2 fully saturated rings. The SMILES string of the molecule is O=C(Nc1cc2c(cc1N1CCC(F)(CO)CC1)O[C@@](CO)(C(F)(F)F)C2)c1cnn2cccnc12.O=C(Nc1cc2c(cc1N1CCC(F)(CO)CC1)O[C@](CO)(C(F)(F)F)C2)c1cnn2cccnc12. The molecular weight excluding hydrogens is 973 g/mol. The maximum absolute atomic E-state index is 14.6. The van der Waals surface area contributed by atoms with Gasteiger partial charge in [-0.2, -0.15) is 36.5 Å². The van der Waals surface area contributed by atoms with Crippen molar-refractivity contribution < 1.29 is 74.6 Å². The van der Waals surface area contributed by atoms with E-state index < -0.39 is 86.0 Å². The lowest BCUT2D eigenvalue weighted by Gasteiger charge is -2.37. The molecule has 26 heteroatoms. The second-order valence-corrected chi connectivity index (χ2v) is 18.2. The second-order valence-electron chi connectivity index (χ2n) is 18.2. The smallest absolute Gasteiger partial charge is 0.430 e. The van der Waals surface area contributed by atoms with Crippen LogP contribution in [0, 0.1) is 0 Å². The number of anilines is 4. The number of piperidine rings is 2. The molecule has 4 aromatic heterocycles. The average molecular weight is 1020 g/mol. The Labute approximate surface area is 402 Å². The van der Waals surface area contributed by atoms with Crippen LogP contribution in [0.15, 0.2) is 73.6 Å². The van der Waals surface area contributed by atoms with E-state index in [2.05, 4.69) is 30.8 Å². The average Bonchev–Trinajstić information content (AvgIpc) is 4.17. The standard InChI is InChI=1S/2C23H23F4N5O4/c2*24-21(12-33)2-6-31(7-3-21)17-9-18-14(10-22(13-34,36-18)23(25,26)27)8-16(17)30-20(35)15-11-29-32-5-1-4-28-19(15)32/h2*1,4-5,8-9,11,33-34H,2-3,6-7,10,12-13H2,(H,30,35)/t2*22-/m10/s1. The minimum Gasteiger partial charge on any atom is -0.475 e. The molecule has 0 bridgehead atoms. The minimum absolute atomic E-state index is 0.00404. The molecule has 2 saturated heterocycles. The third-order valence-corrected chi connectivity index (χ3v) is 13.6. The third-order valence-electron chi connectivity index (χ3n) is 13.6. The molecule has 0 saturated carbocycles. The van der Waals surface area contributed by atoms with Crippen LogP contribution in [0.25, 0.3) is 11.3 Å². The fourth-order valence-corrected chi connectivity index (χ4v) is 9.16. The number of hydrogen-bond donors (Lipinski definition) is 6. The highest BCUT2D eigenvalue weighted by atomic mass is 19.4. The summed E-state index contributed by atoms with van der Waals surface area (Å²) < 4.78 is 125. The number of aliphatic hydroxyl groups excluding tert-OH is 4. The van der Waals surface area contributed by atoms with E-state index in [9.17, 15) is 65.1 Å². The highest BCUT2D eigenvalue weighted by Crippen LogP contribution is 2.50. The Morgan fingerprint density at radius 2 is 0.972 bits per heavy atom. The number of nitrogens with one attached hydrogen (secondary N) is 2. The fraction of sp³-hybridized carbons (Fsp3) is 0.435. The molecule has 4 aliphatic rings. The van der Waals surface area contributed by atoms with Crippen LogP contribution in [0.4, 0.5) is 57.9 Å². The fourth-order valence-electron chi connectivity index (χ4n) is 9.16. The van der Waals surface area contributed by atoms with Gasteiger partial charge < -0.3 is 50.3 Å². The van der Waals surface area contributed by atoms with Crippen molar-refractivity contribution in [3.05, 3.63) is 95.8 Å². The summed E-state index contributed by atoms with van der Waals surface area (Å²) >= 11 is 0. The molecule has 384 valence electrons. The summed E-state index contributed by atoms with van der Waals surface area (Å²) in [6.45, 7) is -3.21. The van der Waals surface area contributed by atoms with Gasteiger partial charge in [0.05, 0.1) is 61.6 Å². The number of fused-ring (bicyclic) bond motifs is 4. The lowest BCUT2D eigenvalue weighted by molar-refractivity contribution is -0.253. The van der Waals surface area contributed by atoms with E-state index in [4.69, 9.17) is 9.47 Å². The maximum atomic E-state index is 14.6. The van der Waals surface area contributed by atoms with Crippen LogP contribution in [0.1, 0.15) is 57.5 Å². The number of aliphatic hydroxyl groups is 4. The van der Waals surface area contributed by atoms with Gasteiger partial charge in [0.25, 0.3) is 11.8 Å². The van der Waals surface area contributed by atoms with Gasteiger partial charge in [0.1, 0.15) is 34.0 Å². The summed E-state index contributed by atoms with van der Waals surface area (Å²) in [6.07, 6.45) is -2.10. The quantitative estimate of drug-likeness (QED) is 0.0993. The van der Waals surface area contributed by atoms with Crippen molar-refractivity contribution in [1.29, 1.82) is 0 Å². The summed E-state index contributed by atoms with van der Waals surface area (Å²) in [4.78, 5) is 38.0. The van der Waals surface area contributed by atoms with E-state index in [1.807, 2.05) is 0 Å². The van der Waals surface area contributed by atoms with Crippen molar-refractivity contribution in [3.8, 4) is 11.5 Å². The Kier molecular flexibility index (Phi) is 12.9. The van der Waals surface area contributed by atoms with Gasteiger partial charge in [-0.3, -0.25) is 9.59 Å². The summed E-state index contributed by atoms with van der Waals surface area (Å²) in [5.41, 5.74) is -6.82. The number of rotatable bonds is 10. The van der Waals surface area contributed by atoms with Crippen LogP contribution >= 0.6 is 0 Å². The first-order valence-electron chi connectivity index (χ1n) is 22.5. The molecule has 18 nitrogen and oxygen atoms in total. The monoisotopic (exact) mass is 1020 g/mol. The van der Waals surface area contributed by atoms with Crippen LogP contribution in [-0.4, -0.2) is 149 Å². The molecule has 6 aromatic rings. The highest BCUT2D eigenvalue weighted by molar-refractivity contribution is 6.10. The zero-order valence-corrected chi connectivity index (χ0v) is 37.9. The molecule has 0 aliphatic carbocycles. The number of amides is 2. The van der Waals surface area contributed by atoms with Crippen LogP contribution in [0.3, 0.4) is 0 Å². The predicted octanol–water partition coefficient (Wildman–Crippen LogP) is 5.02. The molecule has 2 amide bonds. The molecule has 10 rings (SSSR count). The Morgan fingerprint density at radius 1 is 0.597 bits per heavy atom. The van der Waals surface area contributed by atoms with E-state index in [1.54, 1.807) is 34.3 Å². The Bertz CT molecular complexity index is 2810. The number of nitrogens with zero attached hydrogens (tertiary/aromatic N) is 8. The van der Waals surface area contributed by atoms with Crippen molar-refractivity contribution in [3.63, 3.8) is 0 Å². The van der Waals surface area contributed by atoms with Gasteiger partial charge >= 0.3 is 12.4 Å². The van der Waals surface area contributed by atoms with Crippen molar-refractivity contribution in [1.82, 2.24) is 29.2 Å². The van der Waals surface area contributed by atoms with Gasteiger partial charge in [-0.15, -0.1) is 0 Å². The van der Waals surface area contributed by atoms with Gasteiger partial charge in [0.15, 0.2) is 11.3 Å². The predicted molar refractivity (Wildman–Crippen MR) is 240 cm³/mol. The normalized spacial score (nSPS) is 21.3. The summed E-state index contributed by atoms with van der Waals surface area (Å²) in [5, 5.41) is 51.4. The molecule has 2 aromatic carbocycles. The molecular formula is C46H46F8N10O8. The maximum Gasteiger partial charge on any atom is 0.430 e. The van der Waals surface area contributed by atoms with Crippen LogP contribution in [-0.2, 0) is 12.8 Å². The first-order chi connectivity index (χ1) is 34.2. The van der Waals surface area contributed by atoms with Gasteiger partial charge in [0, 0.05) is 113 Å².